The van der Waals surface area contributed by atoms with Crippen LogP contribution in [0.5, 0.6) is 0 Å². The van der Waals surface area contributed by atoms with Gasteiger partial charge < -0.3 is 10.1 Å². The van der Waals surface area contributed by atoms with Gasteiger partial charge in [-0.25, -0.2) is 4.68 Å². The number of anilines is 1. The van der Waals surface area contributed by atoms with Crippen LogP contribution < -0.4 is 10.2 Å². The van der Waals surface area contributed by atoms with Gasteiger partial charge in [0.05, 0.1) is 12.1 Å². The number of amides is 2. The van der Waals surface area contributed by atoms with Crippen LogP contribution in [0.1, 0.15) is 29.7 Å². The van der Waals surface area contributed by atoms with Crippen molar-refractivity contribution in [3.63, 3.8) is 0 Å². The topological polar surface area (TPSA) is 89.4 Å². The Bertz CT molecular complexity index is 1350. The van der Waals surface area contributed by atoms with Crippen LogP contribution in [0.3, 0.4) is 0 Å². The van der Waals surface area contributed by atoms with Crippen molar-refractivity contribution in [2.45, 2.75) is 32.9 Å². The monoisotopic (exact) mass is 485 g/mol. The van der Waals surface area contributed by atoms with E-state index in [-0.39, 0.29) is 18.4 Å². The van der Waals surface area contributed by atoms with E-state index in [4.69, 9.17) is 4.74 Å². The minimum Gasteiger partial charge on any atom is -0.383 e. The molecule has 8 heteroatoms. The van der Waals surface area contributed by atoms with Crippen LogP contribution in [-0.2, 0) is 27.3 Å². The van der Waals surface area contributed by atoms with Crippen LogP contribution in [0.25, 0.3) is 11.0 Å². The summed E-state index contributed by atoms with van der Waals surface area (Å²) in [6.07, 6.45) is 0.706. The molecule has 0 aliphatic carbocycles. The van der Waals surface area contributed by atoms with Crippen molar-refractivity contribution in [1.29, 1.82) is 0 Å². The standard InChI is InChI=1S/C28H31N5O3/c1-4-21-12-6-9-15-24(21)33(26(34)19-32-25-16-10-8-14-23(25)30-31-32)27(28(35)29-17-18-36-3)22-13-7-5-11-20(22)2/h5-16,27H,4,17-19H2,1-3H3,(H,29,35). The number of benzene rings is 3. The zero-order valence-electron chi connectivity index (χ0n) is 20.8. The Hall–Kier alpha value is -4.04. The predicted molar refractivity (Wildman–Crippen MR) is 140 cm³/mol. The van der Waals surface area contributed by atoms with Crippen molar-refractivity contribution in [2.24, 2.45) is 0 Å². The lowest BCUT2D eigenvalue weighted by Gasteiger charge is -2.33. The minimum atomic E-state index is -0.877. The molecule has 0 spiro atoms. The lowest BCUT2D eigenvalue weighted by molar-refractivity contribution is -0.127. The SMILES string of the molecule is CCc1ccccc1N(C(=O)Cn1nnc2ccccc21)C(C(=O)NCCOC)c1ccccc1C. The number of aromatic nitrogens is 3. The number of carbonyl (C=O) groups is 2. The summed E-state index contributed by atoms with van der Waals surface area (Å²) in [6.45, 7) is 4.63. The molecular formula is C28H31N5O3. The molecule has 186 valence electrons. The van der Waals surface area contributed by atoms with Crippen LogP contribution in [0.15, 0.2) is 72.8 Å². The van der Waals surface area contributed by atoms with Gasteiger partial charge in [-0.15, -0.1) is 5.10 Å². The second-order valence-electron chi connectivity index (χ2n) is 8.52. The number of methoxy groups -OCH3 is 1. The van der Waals surface area contributed by atoms with Crippen molar-refractivity contribution >= 4 is 28.5 Å². The van der Waals surface area contributed by atoms with E-state index in [9.17, 15) is 9.59 Å². The summed E-state index contributed by atoms with van der Waals surface area (Å²) in [4.78, 5) is 29.4. The molecule has 0 saturated carbocycles. The number of hydrogen-bond acceptors (Lipinski definition) is 5. The van der Waals surface area contributed by atoms with Gasteiger partial charge in [0.1, 0.15) is 18.1 Å². The molecule has 0 bridgehead atoms. The molecule has 1 heterocycles. The van der Waals surface area contributed by atoms with Crippen molar-refractivity contribution in [3.8, 4) is 0 Å². The molecule has 1 aromatic heterocycles. The Kier molecular flexibility index (Phi) is 8.07. The summed E-state index contributed by atoms with van der Waals surface area (Å²) in [5.41, 5.74) is 4.81. The Morgan fingerprint density at radius 3 is 2.53 bits per heavy atom. The lowest BCUT2D eigenvalue weighted by atomic mass is 9.97. The third-order valence-electron chi connectivity index (χ3n) is 6.20. The number of nitrogens with zero attached hydrogens (tertiary/aromatic N) is 4. The van der Waals surface area contributed by atoms with Crippen LogP contribution in [0, 0.1) is 6.92 Å². The summed E-state index contributed by atoms with van der Waals surface area (Å²) in [5, 5.41) is 11.3. The highest BCUT2D eigenvalue weighted by Gasteiger charge is 2.34. The summed E-state index contributed by atoms with van der Waals surface area (Å²) in [7, 11) is 1.58. The molecule has 8 nitrogen and oxygen atoms in total. The van der Waals surface area contributed by atoms with Gasteiger partial charge in [0.25, 0.3) is 0 Å². The number of ether oxygens (including phenoxy) is 1. The number of hydrogen-bond donors (Lipinski definition) is 1. The Morgan fingerprint density at radius 2 is 1.75 bits per heavy atom. The van der Waals surface area contributed by atoms with E-state index >= 15 is 0 Å². The van der Waals surface area contributed by atoms with E-state index in [1.165, 1.54) is 0 Å². The normalized spacial score (nSPS) is 11.9. The second-order valence-corrected chi connectivity index (χ2v) is 8.52. The van der Waals surface area contributed by atoms with Gasteiger partial charge in [-0.1, -0.05) is 66.7 Å². The van der Waals surface area contributed by atoms with E-state index in [1.54, 1.807) is 16.7 Å². The number of carbonyl (C=O) groups excluding carboxylic acids is 2. The molecule has 0 fully saturated rings. The van der Waals surface area contributed by atoms with Crippen LogP contribution in [0.2, 0.25) is 0 Å². The first-order chi connectivity index (χ1) is 17.5. The van der Waals surface area contributed by atoms with Gasteiger partial charge in [0.2, 0.25) is 11.8 Å². The van der Waals surface area contributed by atoms with Gasteiger partial charge in [0, 0.05) is 19.3 Å². The zero-order chi connectivity index (χ0) is 25.5. The van der Waals surface area contributed by atoms with Gasteiger partial charge in [-0.05, 0) is 48.2 Å². The van der Waals surface area contributed by atoms with Gasteiger partial charge in [-0.3, -0.25) is 14.5 Å². The van der Waals surface area contributed by atoms with Crippen molar-refractivity contribution in [3.05, 3.63) is 89.5 Å². The van der Waals surface area contributed by atoms with Gasteiger partial charge >= 0.3 is 0 Å². The maximum absolute atomic E-state index is 14.1. The van der Waals surface area contributed by atoms with Crippen molar-refractivity contribution in [1.82, 2.24) is 20.3 Å². The Morgan fingerprint density at radius 1 is 1.03 bits per heavy atom. The number of rotatable bonds is 10. The maximum Gasteiger partial charge on any atom is 0.249 e. The van der Waals surface area contributed by atoms with Gasteiger partial charge in [0.15, 0.2) is 0 Å². The van der Waals surface area contributed by atoms with E-state index < -0.39 is 6.04 Å². The maximum atomic E-state index is 14.1. The summed E-state index contributed by atoms with van der Waals surface area (Å²) < 4.78 is 6.71. The molecule has 0 saturated heterocycles. The third-order valence-corrected chi connectivity index (χ3v) is 6.20. The molecule has 4 aromatic rings. The van der Waals surface area contributed by atoms with E-state index in [2.05, 4.69) is 15.6 Å². The molecule has 0 aliphatic heterocycles. The highest BCUT2D eigenvalue weighted by Crippen LogP contribution is 2.33. The molecule has 2 amide bonds. The molecule has 0 radical (unpaired) electrons. The Balaban J connectivity index is 1.83. The fourth-order valence-corrected chi connectivity index (χ4v) is 4.36. The quantitative estimate of drug-likeness (QED) is 0.345. The first kappa shape index (κ1) is 25.1. The summed E-state index contributed by atoms with van der Waals surface area (Å²) >= 11 is 0. The smallest absolute Gasteiger partial charge is 0.249 e. The molecule has 3 aromatic carbocycles. The molecule has 1 atom stereocenters. The molecular weight excluding hydrogens is 454 g/mol. The van der Waals surface area contributed by atoms with Gasteiger partial charge in [-0.2, -0.15) is 0 Å². The highest BCUT2D eigenvalue weighted by atomic mass is 16.5. The zero-order valence-corrected chi connectivity index (χ0v) is 20.8. The van der Waals surface area contributed by atoms with Crippen LogP contribution in [0.4, 0.5) is 5.69 Å². The van der Waals surface area contributed by atoms with E-state index in [0.717, 1.165) is 22.2 Å². The first-order valence-corrected chi connectivity index (χ1v) is 12.1. The number of aryl methyl sites for hydroxylation is 2. The Labute approximate surface area is 210 Å². The third kappa shape index (κ3) is 5.28. The largest absolute Gasteiger partial charge is 0.383 e. The predicted octanol–water partition coefficient (Wildman–Crippen LogP) is 3.84. The van der Waals surface area contributed by atoms with E-state index in [0.29, 0.717) is 30.8 Å². The van der Waals surface area contributed by atoms with Crippen molar-refractivity contribution < 1.29 is 14.3 Å². The molecule has 4 rings (SSSR count). The number of nitrogens with one attached hydrogen (secondary N) is 1. The average Bonchev–Trinajstić information content (AvgIpc) is 3.30. The van der Waals surface area contributed by atoms with Crippen LogP contribution in [-0.4, -0.2) is 47.1 Å². The molecule has 0 aliphatic rings. The van der Waals surface area contributed by atoms with Crippen LogP contribution >= 0.6 is 0 Å². The second kappa shape index (κ2) is 11.6. The first-order valence-electron chi connectivity index (χ1n) is 12.1. The molecule has 1 unspecified atom stereocenters. The highest BCUT2D eigenvalue weighted by molar-refractivity contribution is 6.02. The fraction of sp³-hybridized carbons (Fsp3) is 0.286. The molecule has 36 heavy (non-hydrogen) atoms. The fourth-order valence-electron chi connectivity index (χ4n) is 4.36. The average molecular weight is 486 g/mol. The minimum absolute atomic E-state index is 0.0632. The number of para-hydroxylation sites is 2. The summed E-state index contributed by atoms with van der Waals surface area (Å²) in [6, 6.07) is 22.0. The van der Waals surface area contributed by atoms with E-state index in [1.807, 2.05) is 86.6 Å². The lowest BCUT2D eigenvalue weighted by Crippen LogP contribution is -2.46. The van der Waals surface area contributed by atoms with Crippen molar-refractivity contribution in [2.75, 3.05) is 25.2 Å². The molecule has 1 N–H and O–H groups in total. The number of fused-ring (bicyclic) bond motifs is 1. The summed E-state index contributed by atoms with van der Waals surface area (Å²) in [5.74, 6) is -0.536.